The van der Waals surface area contributed by atoms with Crippen molar-refractivity contribution in [2.45, 2.75) is 12.5 Å². The summed E-state index contributed by atoms with van der Waals surface area (Å²) in [6, 6.07) is 3.37. The number of aliphatic carboxylic acids is 1. The highest BCUT2D eigenvalue weighted by atomic mass is 79.9. The van der Waals surface area contributed by atoms with Crippen molar-refractivity contribution in [3.8, 4) is 0 Å². The van der Waals surface area contributed by atoms with Crippen LogP contribution in [0.25, 0.3) is 5.65 Å². The summed E-state index contributed by atoms with van der Waals surface area (Å²) in [6.07, 6.45) is 0.413. The zero-order valence-corrected chi connectivity index (χ0v) is 12.0. The van der Waals surface area contributed by atoms with Crippen molar-refractivity contribution < 1.29 is 24.5 Å². The summed E-state index contributed by atoms with van der Waals surface area (Å²) in [4.78, 5) is 26.3. The molecule has 0 radical (unpaired) electrons. The third-order valence-corrected chi connectivity index (χ3v) is 3.32. The normalized spacial score (nSPS) is 12.5. The Bertz CT molecular complexity index is 682. The third-order valence-electron chi connectivity index (χ3n) is 2.83. The van der Waals surface area contributed by atoms with E-state index in [0.717, 1.165) is 4.47 Å². The van der Waals surface area contributed by atoms with Crippen LogP contribution in [0.4, 0.5) is 0 Å². The summed E-state index contributed by atoms with van der Waals surface area (Å²) in [5, 5.41) is 18.2. The molecule has 0 saturated carbocycles. The van der Waals surface area contributed by atoms with Gasteiger partial charge in [-0.3, -0.25) is 0 Å². The van der Waals surface area contributed by atoms with Gasteiger partial charge >= 0.3 is 11.9 Å². The van der Waals surface area contributed by atoms with Crippen LogP contribution in [0.3, 0.4) is 0 Å². The average molecular weight is 343 g/mol. The van der Waals surface area contributed by atoms with Gasteiger partial charge in [0.15, 0.2) is 11.8 Å². The molecule has 0 aliphatic carbocycles. The van der Waals surface area contributed by atoms with Crippen LogP contribution in [0.2, 0.25) is 0 Å². The Balaban J connectivity index is 2.57. The van der Waals surface area contributed by atoms with E-state index in [4.69, 9.17) is 9.84 Å². The third kappa shape index (κ3) is 2.66. The molecule has 0 amide bonds. The number of methoxy groups -OCH3 is 1. The van der Waals surface area contributed by atoms with Crippen LogP contribution in [0.5, 0.6) is 0 Å². The van der Waals surface area contributed by atoms with Gasteiger partial charge in [-0.15, -0.1) is 0 Å². The Hall–Kier alpha value is -1.93. The Labute approximate surface area is 121 Å². The van der Waals surface area contributed by atoms with Crippen molar-refractivity contribution in [1.82, 2.24) is 9.38 Å². The lowest BCUT2D eigenvalue weighted by atomic mass is 10.1. The first kappa shape index (κ1) is 14.5. The lowest BCUT2D eigenvalue weighted by molar-refractivity contribution is -0.148. The molecule has 1 unspecified atom stereocenters. The fourth-order valence-electron chi connectivity index (χ4n) is 1.88. The van der Waals surface area contributed by atoms with Gasteiger partial charge in [0.1, 0.15) is 5.65 Å². The van der Waals surface area contributed by atoms with Crippen molar-refractivity contribution >= 4 is 33.5 Å². The van der Waals surface area contributed by atoms with Crippen molar-refractivity contribution in [3.05, 3.63) is 34.2 Å². The molecule has 106 valence electrons. The van der Waals surface area contributed by atoms with Gasteiger partial charge in [0.25, 0.3) is 0 Å². The lowest BCUT2D eigenvalue weighted by Crippen LogP contribution is -2.26. The van der Waals surface area contributed by atoms with E-state index in [9.17, 15) is 14.7 Å². The quantitative estimate of drug-likeness (QED) is 0.852. The number of nitrogens with zero attached hydrogens (tertiary/aromatic N) is 2. The van der Waals surface area contributed by atoms with Gasteiger partial charge in [-0.2, -0.15) is 0 Å². The number of carbonyl (C=O) groups is 2. The summed E-state index contributed by atoms with van der Waals surface area (Å²) >= 11 is 3.27. The van der Waals surface area contributed by atoms with Gasteiger partial charge in [-0.1, -0.05) is 15.9 Å². The van der Waals surface area contributed by atoms with Gasteiger partial charge < -0.3 is 19.4 Å². The Morgan fingerprint density at radius 3 is 2.75 bits per heavy atom. The lowest BCUT2D eigenvalue weighted by Gasteiger charge is -2.10. The minimum atomic E-state index is -1.21. The number of aromatic nitrogens is 2. The average Bonchev–Trinajstić information content (AvgIpc) is 2.73. The Morgan fingerprint density at radius 2 is 2.20 bits per heavy atom. The summed E-state index contributed by atoms with van der Waals surface area (Å²) in [7, 11) is 1.26. The fourth-order valence-corrected chi connectivity index (χ4v) is 2.21. The minimum Gasteiger partial charge on any atom is -0.479 e. The molecule has 2 aromatic heterocycles. The second kappa shape index (κ2) is 5.59. The zero-order chi connectivity index (χ0) is 14.9. The van der Waals surface area contributed by atoms with Crippen LogP contribution >= 0.6 is 15.9 Å². The fraction of sp³-hybridized carbons (Fsp3) is 0.250. The van der Waals surface area contributed by atoms with E-state index in [-0.39, 0.29) is 17.8 Å². The van der Waals surface area contributed by atoms with Gasteiger partial charge in [0, 0.05) is 24.2 Å². The molecule has 0 saturated heterocycles. The summed E-state index contributed by atoms with van der Waals surface area (Å²) in [5.74, 6) is -2.36. The molecule has 2 N–H and O–H groups in total. The van der Waals surface area contributed by atoms with E-state index in [1.807, 2.05) is 0 Å². The molecule has 20 heavy (non-hydrogen) atoms. The van der Waals surface area contributed by atoms with Crippen LogP contribution < -0.4 is 0 Å². The number of carboxylic acids is 2. The molecule has 0 fully saturated rings. The molecule has 8 heteroatoms. The Morgan fingerprint density at radius 1 is 1.50 bits per heavy atom. The van der Waals surface area contributed by atoms with Crippen LogP contribution in [-0.2, 0) is 16.0 Å². The number of aromatic carboxylic acids is 1. The van der Waals surface area contributed by atoms with Gasteiger partial charge in [-0.25, -0.2) is 14.6 Å². The standard InChI is InChI=1S/C12H11BrN2O5/c1-20-8(11(16)17)5-7-10(12(18)19)14-9-4-6(13)2-3-15(7)9/h2-4,8H,5H2,1H3,(H,16,17)(H,18,19). The van der Waals surface area contributed by atoms with Crippen LogP contribution in [0.1, 0.15) is 16.2 Å². The zero-order valence-electron chi connectivity index (χ0n) is 10.4. The number of imidazole rings is 1. The summed E-state index contributed by atoms with van der Waals surface area (Å²) in [6.45, 7) is 0. The molecule has 0 bridgehead atoms. The topological polar surface area (TPSA) is 101 Å². The first-order valence-electron chi connectivity index (χ1n) is 5.59. The maximum atomic E-state index is 11.2. The van der Waals surface area contributed by atoms with Crippen molar-refractivity contribution in [1.29, 1.82) is 0 Å². The maximum Gasteiger partial charge on any atom is 0.356 e. The number of rotatable bonds is 5. The molecule has 2 aromatic rings. The molecule has 2 heterocycles. The maximum absolute atomic E-state index is 11.2. The van der Waals surface area contributed by atoms with Crippen molar-refractivity contribution in [2.75, 3.05) is 7.11 Å². The van der Waals surface area contributed by atoms with E-state index in [1.54, 1.807) is 22.7 Å². The number of hydrogen-bond acceptors (Lipinski definition) is 4. The number of fused-ring (bicyclic) bond motifs is 1. The molecule has 0 aliphatic heterocycles. The van der Waals surface area contributed by atoms with E-state index in [1.165, 1.54) is 7.11 Å². The molecule has 0 aliphatic rings. The number of ether oxygens (including phenoxy) is 1. The van der Waals surface area contributed by atoms with Gasteiger partial charge in [0.2, 0.25) is 0 Å². The van der Waals surface area contributed by atoms with Gasteiger partial charge in [-0.05, 0) is 12.1 Å². The van der Waals surface area contributed by atoms with E-state index in [2.05, 4.69) is 20.9 Å². The number of pyridine rings is 1. The van der Waals surface area contributed by atoms with Crippen molar-refractivity contribution in [3.63, 3.8) is 0 Å². The van der Waals surface area contributed by atoms with Crippen molar-refractivity contribution in [2.24, 2.45) is 0 Å². The largest absolute Gasteiger partial charge is 0.479 e. The second-order valence-electron chi connectivity index (χ2n) is 4.05. The molecule has 2 rings (SSSR count). The smallest absolute Gasteiger partial charge is 0.356 e. The number of carboxylic acid groups (broad SMARTS) is 2. The van der Waals surface area contributed by atoms with Crippen LogP contribution in [0.15, 0.2) is 22.8 Å². The molecular weight excluding hydrogens is 332 g/mol. The molecule has 1 atom stereocenters. The van der Waals surface area contributed by atoms with E-state index in [0.29, 0.717) is 5.65 Å². The van der Waals surface area contributed by atoms with Gasteiger partial charge in [0.05, 0.1) is 5.69 Å². The monoisotopic (exact) mass is 342 g/mol. The highest BCUT2D eigenvalue weighted by molar-refractivity contribution is 9.10. The highest BCUT2D eigenvalue weighted by Gasteiger charge is 2.25. The highest BCUT2D eigenvalue weighted by Crippen LogP contribution is 2.19. The summed E-state index contributed by atoms with van der Waals surface area (Å²) in [5.41, 5.74) is 0.535. The first-order valence-corrected chi connectivity index (χ1v) is 6.38. The predicted octanol–water partition coefficient (Wildman–Crippen LogP) is 1.44. The van der Waals surface area contributed by atoms with Crippen LogP contribution in [0, 0.1) is 0 Å². The number of halogens is 1. The minimum absolute atomic E-state index is 0.0870. The Kier molecular flexibility index (Phi) is 4.05. The molecule has 7 nitrogen and oxygen atoms in total. The molecular formula is C12H11BrN2O5. The first-order chi connectivity index (χ1) is 9.43. The SMILES string of the molecule is COC(Cc1c(C(=O)O)nc2cc(Br)ccn12)C(=O)O. The molecule has 0 aromatic carbocycles. The molecule has 0 spiro atoms. The van der Waals surface area contributed by atoms with Crippen LogP contribution in [-0.4, -0.2) is 44.8 Å². The predicted molar refractivity (Wildman–Crippen MR) is 72.0 cm³/mol. The summed E-state index contributed by atoms with van der Waals surface area (Å²) < 4.78 is 7.14. The number of hydrogen-bond donors (Lipinski definition) is 2. The second-order valence-corrected chi connectivity index (χ2v) is 4.97. The van der Waals surface area contributed by atoms with E-state index >= 15 is 0 Å². The van der Waals surface area contributed by atoms with E-state index < -0.39 is 18.0 Å².